The van der Waals surface area contributed by atoms with Gasteiger partial charge in [0.25, 0.3) is 0 Å². The maximum atomic E-state index is 11.8. The number of carbonyl (C=O) groups is 1. The number of carbonyl (C=O) groups excluding carboxylic acids is 1. The van der Waals surface area contributed by atoms with Gasteiger partial charge in [-0.1, -0.05) is 18.2 Å². The Balaban J connectivity index is 1.70. The summed E-state index contributed by atoms with van der Waals surface area (Å²) in [6, 6.07) is 11.6. The van der Waals surface area contributed by atoms with E-state index in [9.17, 15) is 4.79 Å². The van der Waals surface area contributed by atoms with Crippen LogP contribution in [-0.4, -0.2) is 17.5 Å². The van der Waals surface area contributed by atoms with E-state index in [1.54, 1.807) is 6.20 Å². The van der Waals surface area contributed by atoms with Gasteiger partial charge in [-0.05, 0) is 44.0 Å². The number of pyridine rings is 1. The first-order chi connectivity index (χ1) is 10.1. The molecule has 1 heterocycles. The molecule has 0 saturated heterocycles. The minimum atomic E-state index is -0.0194. The number of aryl methyl sites for hydroxylation is 2. The predicted octanol–water partition coefficient (Wildman–Crippen LogP) is 3.50. The van der Waals surface area contributed by atoms with Gasteiger partial charge in [0.05, 0.1) is 18.5 Å². The van der Waals surface area contributed by atoms with Crippen LogP contribution in [-0.2, 0) is 4.79 Å². The number of anilines is 1. The topological polar surface area (TPSA) is 51.2 Å². The minimum Gasteiger partial charge on any atom is -0.493 e. The van der Waals surface area contributed by atoms with E-state index in [1.807, 2.05) is 50.2 Å². The molecule has 1 amide bonds. The van der Waals surface area contributed by atoms with Crippen molar-refractivity contribution in [2.24, 2.45) is 0 Å². The Bertz CT molecular complexity index is 594. The second-order valence-corrected chi connectivity index (χ2v) is 4.95. The third-order valence-electron chi connectivity index (χ3n) is 3.09. The van der Waals surface area contributed by atoms with Crippen LogP contribution in [0.1, 0.15) is 24.1 Å². The molecule has 0 fully saturated rings. The van der Waals surface area contributed by atoms with Crippen molar-refractivity contribution in [3.05, 3.63) is 53.9 Å². The number of aromatic nitrogens is 1. The second-order valence-electron chi connectivity index (χ2n) is 4.95. The molecule has 0 unspecified atom stereocenters. The molecule has 2 rings (SSSR count). The molecule has 0 aliphatic heterocycles. The molecule has 1 aromatic carbocycles. The highest BCUT2D eigenvalue weighted by Crippen LogP contribution is 2.16. The van der Waals surface area contributed by atoms with Crippen LogP contribution in [0.2, 0.25) is 0 Å². The number of nitrogens with zero attached hydrogens (tertiary/aromatic N) is 1. The summed E-state index contributed by atoms with van der Waals surface area (Å²) >= 11 is 0. The normalized spacial score (nSPS) is 10.2. The van der Waals surface area contributed by atoms with E-state index in [0.29, 0.717) is 19.4 Å². The van der Waals surface area contributed by atoms with Crippen molar-refractivity contribution >= 4 is 11.6 Å². The first-order valence-electron chi connectivity index (χ1n) is 7.06. The number of hydrogen-bond acceptors (Lipinski definition) is 3. The third kappa shape index (κ3) is 4.91. The smallest absolute Gasteiger partial charge is 0.224 e. The molecule has 1 N–H and O–H groups in total. The van der Waals surface area contributed by atoms with Crippen LogP contribution >= 0.6 is 0 Å². The number of rotatable bonds is 6. The zero-order valence-electron chi connectivity index (χ0n) is 12.4. The molecule has 0 saturated carbocycles. The van der Waals surface area contributed by atoms with Crippen LogP contribution in [0.4, 0.5) is 5.69 Å². The molecule has 0 aliphatic rings. The Morgan fingerprint density at radius 2 is 2.00 bits per heavy atom. The molecule has 0 radical (unpaired) electrons. The lowest BCUT2D eigenvalue weighted by Crippen LogP contribution is -2.13. The van der Waals surface area contributed by atoms with Crippen LogP contribution < -0.4 is 10.1 Å². The highest BCUT2D eigenvalue weighted by Gasteiger charge is 2.03. The van der Waals surface area contributed by atoms with Crippen LogP contribution in [0.15, 0.2) is 42.6 Å². The average molecular weight is 284 g/mol. The molecular formula is C17H20N2O2. The highest BCUT2D eigenvalue weighted by molar-refractivity contribution is 5.90. The van der Waals surface area contributed by atoms with Crippen molar-refractivity contribution in [3.8, 4) is 5.75 Å². The summed E-state index contributed by atoms with van der Waals surface area (Å²) in [5.41, 5.74) is 2.76. The summed E-state index contributed by atoms with van der Waals surface area (Å²) in [5, 5.41) is 2.82. The van der Waals surface area contributed by atoms with Gasteiger partial charge in [-0.3, -0.25) is 9.78 Å². The predicted molar refractivity (Wildman–Crippen MR) is 83.5 cm³/mol. The van der Waals surface area contributed by atoms with Crippen molar-refractivity contribution in [1.29, 1.82) is 0 Å². The summed E-state index contributed by atoms with van der Waals surface area (Å²) in [6.45, 7) is 4.45. The fourth-order valence-electron chi connectivity index (χ4n) is 1.90. The first-order valence-corrected chi connectivity index (χ1v) is 7.06. The molecule has 4 heteroatoms. The summed E-state index contributed by atoms with van der Waals surface area (Å²) in [6.07, 6.45) is 2.77. The van der Waals surface area contributed by atoms with Gasteiger partial charge < -0.3 is 10.1 Å². The van der Waals surface area contributed by atoms with Gasteiger partial charge in [-0.15, -0.1) is 0 Å². The Morgan fingerprint density at radius 1 is 1.19 bits per heavy atom. The summed E-state index contributed by atoms with van der Waals surface area (Å²) in [5.74, 6) is 0.856. The first kappa shape index (κ1) is 15.0. The molecule has 0 atom stereocenters. The van der Waals surface area contributed by atoms with Crippen molar-refractivity contribution in [2.75, 3.05) is 11.9 Å². The lowest BCUT2D eigenvalue weighted by atomic mass is 10.2. The van der Waals surface area contributed by atoms with Gasteiger partial charge in [0.2, 0.25) is 5.91 Å². The third-order valence-corrected chi connectivity index (χ3v) is 3.09. The Labute approximate surface area is 125 Å². The van der Waals surface area contributed by atoms with Crippen LogP contribution in [0.3, 0.4) is 0 Å². The molecular weight excluding hydrogens is 264 g/mol. The molecule has 110 valence electrons. The SMILES string of the molecule is Cc1ccc(NC(=O)CCCOc2ccccc2C)cn1. The zero-order chi connectivity index (χ0) is 15.1. The maximum Gasteiger partial charge on any atom is 0.224 e. The van der Waals surface area contributed by atoms with E-state index in [-0.39, 0.29) is 5.91 Å². The van der Waals surface area contributed by atoms with Crippen molar-refractivity contribution < 1.29 is 9.53 Å². The van der Waals surface area contributed by atoms with Gasteiger partial charge >= 0.3 is 0 Å². The Morgan fingerprint density at radius 3 is 2.71 bits per heavy atom. The van der Waals surface area contributed by atoms with E-state index in [2.05, 4.69) is 10.3 Å². The lowest BCUT2D eigenvalue weighted by Gasteiger charge is -2.09. The Kier molecular flexibility index (Phi) is 5.32. The van der Waals surface area contributed by atoms with Crippen molar-refractivity contribution in [2.45, 2.75) is 26.7 Å². The number of benzene rings is 1. The number of ether oxygens (including phenoxy) is 1. The van der Waals surface area contributed by atoms with Gasteiger partial charge in [-0.25, -0.2) is 0 Å². The number of amides is 1. The fraction of sp³-hybridized carbons (Fsp3) is 0.294. The second kappa shape index (κ2) is 7.43. The zero-order valence-corrected chi connectivity index (χ0v) is 12.4. The standard InChI is InChI=1S/C17H20N2O2/c1-13-6-3-4-7-16(13)21-11-5-8-17(20)19-15-10-9-14(2)18-12-15/h3-4,6-7,9-10,12H,5,8,11H2,1-2H3,(H,19,20). The minimum absolute atomic E-state index is 0.0194. The van der Waals surface area contributed by atoms with E-state index in [4.69, 9.17) is 4.74 Å². The highest BCUT2D eigenvalue weighted by atomic mass is 16.5. The van der Waals surface area contributed by atoms with Gasteiger partial charge in [-0.2, -0.15) is 0 Å². The van der Waals surface area contributed by atoms with E-state index < -0.39 is 0 Å². The lowest BCUT2D eigenvalue weighted by molar-refractivity contribution is -0.116. The molecule has 0 bridgehead atoms. The molecule has 1 aromatic heterocycles. The molecule has 2 aromatic rings. The summed E-state index contributed by atoms with van der Waals surface area (Å²) in [7, 11) is 0. The number of hydrogen-bond donors (Lipinski definition) is 1. The largest absolute Gasteiger partial charge is 0.493 e. The molecule has 0 aliphatic carbocycles. The van der Waals surface area contributed by atoms with E-state index >= 15 is 0 Å². The van der Waals surface area contributed by atoms with Gasteiger partial charge in [0.15, 0.2) is 0 Å². The van der Waals surface area contributed by atoms with E-state index in [1.165, 1.54) is 0 Å². The van der Waals surface area contributed by atoms with Crippen molar-refractivity contribution in [1.82, 2.24) is 4.98 Å². The summed E-state index contributed by atoms with van der Waals surface area (Å²) in [4.78, 5) is 15.9. The van der Waals surface area contributed by atoms with Crippen LogP contribution in [0, 0.1) is 13.8 Å². The quantitative estimate of drug-likeness (QED) is 0.826. The monoisotopic (exact) mass is 284 g/mol. The maximum absolute atomic E-state index is 11.8. The molecule has 4 nitrogen and oxygen atoms in total. The number of nitrogens with one attached hydrogen (secondary N) is 1. The van der Waals surface area contributed by atoms with Crippen molar-refractivity contribution in [3.63, 3.8) is 0 Å². The molecule has 0 spiro atoms. The van der Waals surface area contributed by atoms with Gasteiger partial charge in [0.1, 0.15) is 5.75 Å². The molecule has 21 heavy (non-hydrogen) atoms. The van der Waals surface area contributed by atoms with Crippen LogP contribution in [0.25, 0.3) is 0 Å². The number of para-hydroxylation sites is 1. The summed E-state index contributed by atoms with van der Waals surface area (Å²) < 4.78 is 5.66. The van der Waals surface area contributed by atoms with Gasteiger partial charge in [0, 0.05) is 12.1 Å². The van der Waals surface area contributed by atoms with Crippen LogP contribution in [0.5, 0.6) is 5.75 Å². The fourth-order valence-corrected chi connectivity index (χ4v) is 1.90. The Hall–Kier alpha value is -2.36. The van der Waals surface area contributed by atoms with E-state index in [0.717, 1.165) is 22.7 Å². The average Bonchev–Trinajstić information content (AvgIpc) is 2.48.